The number of thioether (sulfide) groups is 1. The normalized spacial score (nSPS) is 18.9. The van der Waals surface area contributed by atoms with Crippen LogP contribution in [0.15, 0.2) is 18.5 Å². The van der Waals surface area contributed by atoms with Crippen LogP contribution in [0.25, 0.3) is 0 Å². The molecule has 1 heterocycles. The van der Waals surface area contributed by atoms with Gasteiger partial charge in [-0.15, -0.1) is 0 Å². The number of hydrogen-bond donors (Lipinski definition) is 1. The van der Waals surface area contributed by atoms with Gasteiger partial charge in [0.05, 0.1) is 12.3 Å². The quantitative estimate of drug-likeness (QED) is 0.879. The standard InChI is InChI=1S/C12H16FNOS/c13-10-5-9(6-14-7-10)12(15)8-16-11-3-1-2-4-11/h5-7,11-12,15H,1-4,8H2. The monoisotopic (exact) mass is 241 g/mol. The molecule has 1 atom stereocenters. The zero-order valence-electron chi connectivity index (χ0n) is 9.10. The van der Waals surface area contributed by atoms with Gasteiger partial charge in [0.1, 0.15) is 5.82 Å². The molecule has 88 valence electrons. The Morgan fingerprint density at radius 3 is 2.88 bits per heavy atom. The fourth-order valence-corrected chi connectivity index (χ4v) is 3.30. The molecule has 2 nitrogen and oxygen atoms in total. The average molecular weight is 241 g/mol. The van der Waals surface area contributed by atoms with Crippen LogP contribution in [0.2, 0.25) is 0 Å². The molecule has 1 aliphatic rings. The lowest BCUT2D eigenvalue weighted by Gasteiger charge is -2.13. The molecule has 1 aromatic heterocycles. The summed E-state index contributed by atoms with van der Waals surface area (Å²) in [5.41, 5.74) is 0.575. The van der Waals surface area contributed by atoms with Crippen LogP contribution >= 0.6 is 11.8 Å². The molecule has 16 heavy (non-hydrogen) atoms. The van der Waals surface area contributed by atoms with E-state index in [2.05, 4.69) is 4.98 Å². The van der Waals surface area contributed by atoms with Crippen LogP contribution in [-0.4, -0.2) is 21.1 Å². The summed E-state index contributed by atoms with van der Waals surface area (Å²) in [5, 5.41) is 10.6. The molecule has 0 radical (unpaired) electrons. The van der Waals surface area contributed by atoms with E-state index in [0.29, 0.717) is 16.6 Å². The first-order valence-corrected chi connectivity index (χ1v) is 6.70. The van der Waals surface area contributed by atoms with Crippen molar-refractivity contribution in [3.63, 3.8) is 0 Å². The maximum Gasteiger partial charge on any atom is 0.141 e. The van der Waals surface area contributed by atoms with Gasteiger partial charge in [0.2, 0.25) is 0 Å². The third-order valence-electron chi connectivity index (χ3n) is 2.90. The lowest BCUT2D eigenvalue weighted by Crippen LogP contribution is -2.05. The van der Waals surface area contributed by atoms with E-state index in [1.807, 2.05) is 0 Å². The molecule has 0 bridgehead atoms. The topological polar surface area (TPSA) is 33.1 Å². The number of hydrogen-bond acceptors (Lipinski definition) is 3. The smallest absolute Gasteiger partial charge is 0.141 e. The zero-order chi connectivity index (χ0) is 11.4. The van der Waals surface area contributed by atoms with Crippen molar-refractivity contribution < 1.29 is 9.50 Å². The molecule has 0 amide bonds. The van der Waals surface area contributed by atoms with E-state index >= 15 is 0 Å². The van der Waals surface area contributed by atoms with Gasteiger partial charge in [0.25, 0.3) is 0 Å². The minimum absolute atomic E-state index is 0.387. The lowest BCUT2D eigenvalue weighted by molar-refractivity contribution is 0.203. The molecule has 1 saturated carbocycles. The average Bonchev–Trinajstić information content (AvgIpc) is 2.78. The van der Waals surface area contributed by atoms with Gasteiger partial charge in [-0.3, -0.25) is 4.98 Å². The third kappa shape index (κ3) is 3.19. The van der Waals surface area contributed by atoms with E-state index in [0.717, 1.165) is 6.20 Å². The predicted octanol–water partition coefficient (Wildman–Crippen LogP) is 2.93. The first kappa shape index (κ1) is 11.9. The molecule has 1 aliphatic carbocycles. The Morgan fingerprint density at radius 1 is 1.44 bits per heavy atom. The van der Waals surface area contributed by atoms with Crippen LogP contribution in [0.4, 0.5) is 4.39 Å². The molecule has 0 saturated heterocycles. The number of nitrogens with zero attached hydrogens (tertiary/aromatic N) is 1. The molecule has 1 aromatic rings. The Kier molecular flexibility index (Phi) is 4.18. The van der Waals surface area contributed by atoms with Gasteiger partial charge in [-0.1, -0.05) is 12.8 Å². The number of aliphatic hydroxyl groups excluding tert-OH is 1. The summed E-state index contributed by atoms with van der Waals surface area (Å²) in [5.74, 6) is 0.248. The Hall–Kier alpha value is -0.610. The van der Waals surface area contributed by atoms with Crippen LogP contribution in [0.3, 0.4) is 0 Å². The van der Waals surface area contributed by atoms with Crippen molar-refractivity contribution in [3.05, 3.63) is 29.8 Å². The molecular weight excluding hydrogens is 225 g/mol. The van der Waals surface area contributed by atoms with Crippen molar-refractivity contribution >= 4 is 11.8 Å². The summed E-state index contributed by atoms with van der Waals surface area (Å²) < 4.78 is 12.9. The largest absolute Gasteiger partial charge is 0.387 e. The van der Waals surface area contributed by atoms with Crippen molar-refractivity contribution in [2.75, 3.05) is 5.75 Å². The van der Waals surface area contributed by atoms with Crippen molar-refractivity contribution in [3.8, 4) is 0 Å². The molecule has 0 spiro atoms. The van der Waals surface area contributed by atoms with Crippen molar-refractivity contribution in [2.24, 2.45) is 0 Å². The molecule has 1 fully saturated rings. The van der Waals surface area contributed by atoms with E-state index in [1.165, 1.54) is 37.9 Å². The lowest BCUT2D eigenvalue weighted by atomic mass is 10.2. The van der Waals surface area contributed by atoms with Crippen molar-refractivity contribution in [2.45, 2.75) is 37.0 Å². The number of halogens is 1. The zero-order valence-corrected chi connectivity index (χ0v) is 9.92. The van der Waals surface area contributed by atoms with Gasteiger partial charge in [0, 0.05) is 22.8 Å². The first-order valence-electron chi connectivity index (χ1n) is 5.66. The SMILES string of the molecule is OC(CSC1CCCC1)c1cncc(F)c1. The fourth-order valence-electron chi connectivity index (χ4n) is 1.99. The van der Waals surface area contributed by atoms with Crippen molar-refractivity contribution in [1.29, 1.82) is 0 Å². The summed E-state index contributed by atoms with van der Waals surface area (Å²) >= 11 is 1.79. The van der Waals surface area contributed by atoms with Gasteiger partial charge in [-0.05, 0) is 18.9 Å². The molecular formula is C12H16FNOS. The van der Waals surface area contributed by atoms with Crippen LogP contribution in [-0.2, 0) is 0 Å². The third-order valence-corrected chi connectivity index (χ3v) is 4.35. The highest BCUT2D eigenvalue weighted by molar-refractivity contribution is 7.99. The maximum absolute atomic E-state index is 12.9. The Morgan fingerprint density at radius 2 is 2.19 bits per heavy atom. The number of aliphatic hydroxyl groups is 1. The minimum atomic E-state index is -0.603. The van der Waals surface area contributed by atoms with Crippen LogP contribution in [0.1, 0.15) is 37.4 Å². The second-order valence-corrected chi connectivity index (χ2v) is 5.53. The van der Waals surface area contributed by atoms with Gasteiger partial charge in [-0.2, -0.15) is 11.8 Å². The van der Waals surface area contributed by atoms with Crippen LogP contribution in [0, 0.1) is 5.82 Å². The van der Waals surface area contributed by atoms with Gasteiger partial charge in [0.15, 0.2) is 0 Å². The number of aromatic nitrogens is 1. The number of pyridine rings is 1. The summed E-state index contributed by atoms with van der Waals surface area (Å²) in [6.07, 6.45) is 7.18. The molecule has 4 heteroatoms. The fraction of sp³-hybridized carbons (Fsp3) is 0.583. The molecule has 2 rings (SSSR count). The predicted molar refractivity (Wildman–Crippen MR) is 63.9 cm³/mol. The van der Waals surface area contributed by atoms with E-state index in [4.69, 9.17) is 0 Å². The molecule has 0 aliphatic heterocycles. The van der Waals surface area contributed by atoms with Crippen molar-refractivity contribution in [1.82, 2.24) is 4.98 Å². The van der Waals surface area contributed by atoms with E-state index < -0.39 is 6.10 Å². The number of rotatable bonds is 4. The maximum atomic E-state index is 12.9. The van der Waals surface area contributed by atoms with Gasteiger partial charge in [-0.25, -0.2) is 4.39 Å². The summed E-state index contributed by atoms with van der Waals surface area (Å²) in [4.78, 5) is 3.74. The van der Waals surface area contributed by atoms with Crippen LogP contribution < -0.4 is 0 Å². The highest BCUT2D eigenvalue weighted by atomic mass is 32.2. The Labute approximate surface area is 99.3 Å². The molecule has 1 unspecified atom stereocenters. The van der Waals surface area contributed by atoms with Crippen LogP contribution in [0.5, 0.6) is 0 Å². The highest BCUT2D eigenvalue weighted by Crippen LogP contribution is 2.31. The summed E-state index contributed by atoms with van der Waals surface area (Å²) in [6.45, 7) is 0. The summed E-state index contributed by atoms with van der Waals surface area (Å²) in [7, 11) is 0. The summed E-state index contributed by atoms with van der Waals surface area (Å²) in [6, 6.07) is 1.35. The van der Waals surface area contributed by atoms with E-state index in [-0.39, 0.29) is 5.82 Å². The second kappa shape index (κ2) is 5.64. The minimum Gasteiger partial charge on any atom is -0.387 e. The Balaban J connectivity index is 1.85. The highest BCUT2D eigenvalue weighted by Gasteiger charge is 2.17. The second-order valence-electron chi connectivity index (χ2n) is 4.19. The Bertz CT molecular complexity index is 342. The van der Waals surface area contributed by atoms with E-state index in [1.54, 1.807) is 11.8 Å². The first-order chi connectivity index (χ1) is 7.75. The molecule has 0 aromatic carbocycles. The van der Waals surface area contributed by atoms with Gasteiger partial charge >= 0.3 is 0 Å². The van der Waals surface area contributed by atoms with Gasteiger partial charge < -0.3 is 5.11 Å². The van der Waals surface area contributed by atoms with E-state index in [9.17, 15) is 9.50 Å². The molecule has 1 N–H and O–H groups in total.